The zero-order valence-electron chi connectivity index (χ0n) is 10.5. The molecule has 0 saturated carbocycles. The Labute approximate surface area is 120 Å². The first kappa shape index (κ1) is 13.5. The number of anilines is 1. The van der Waals surface area contributed by atoms with Gasteiger partial charge in [-0.1, -0.05) is 15.9 Å². The molecule has 0 aliphatic rings. The second kappa shape index (κ2) is 5.82. The van der Waals surface area contributed by atoms with Crippen LogP contribution in [0, 0.1) is 6.92 Å². The fraction of sp³-hybridized carbons (Fsp3) is 0.308. The van der Waals surface area contributed by atoms with Crippen LogP contribution in [0.25, 0.3) is 0 Å². The molecule has 1 heterocycles. The minimum absolute atomic E-state index is 0.552. The van der Waals surface area contributed by atoms with Crippen LogP contribution in [0.2, 0.25) is 0 Å². The number of benzene rings is 1. The highest BCUT2D eigenvalue weighted by Crippen LogP contribution is 2.23. The van der Waals surface area contributed by atoms with Gasteiger partial charge in [0.2, 0.25) is 0 Å². The molecule has 96 valence electrons. The lowest BCUT2D eigenvalue weighted by Crippen LogP contribution is -2.17. The first-order valence-electron chi connectivity index (χ1n) is 5.70. The van der Waals surface area contributed by atoms with Gasteiger partial charge >= 0.3 is 0 Å². The zero-order chi connectivity index (χ0) is 13.1. The Morgan fingerprint density at radius 1 is 1.39 bits per heavy atom. The summed E-state index contributed by atoms with van der Waals surface area (Å²) in [6.45, 7) is 3.39. The minimum atomic E-state index is 0.552. The molecule has 18 heavy (non-hydrogen) atoms. The number of rotatable bonds is 4. The molecule has 0 radical (unpaired) electrons. The van der Waals surface area contributed by atoms with Gasteiger partial charge in [-0.05, 0) is 30.7 Å². The van der Waals surface area contributed by atoms with Gasteiger partial charge in [-0.2, -0.15) is 0 Å². The van der Waals surface area contributed by atoms with Gasteiger partial charge in [-0.15, -0.1) is 11.3 Å². The molecule has 0 aliphatic heterocycles. The van der Waals surface area contributed by atoms with E-state index in [2.05, 4.69) is 50.4 Å². The maximum atomic E-state index is 5.69. The highest BCUT2D eigenvalue weighted by atomic mass is 79.9. The number of hydrogen-bond donors (Lipinski definition) is 1. The van der Waals surface area contributed by atoms with E-state index < -0.39 is 0 Å². The number of aryl methyl sites for hydroxylation is 1. The molecule has 1 aromatic carbocycles. The number of nitrogens with two attached hydrogens (primary N) is 1. The quantitative estimate of drug-likeness (QED) is 0.937. The molecule has 0 amide bonds. The molecule has 2 rings (SSSR count). The van der Waals surface area contributed by atoms with Crippen LogP contribution in [0.15, 0.2) is 28.1 Å². The molecule has 2 N–H and O–H groups in total. The molecule has 0 fully saturated rings. The smallest absolute Gasteiger partial charge is 0.0898 e. The second-order valence-corrected chi connectivity index (χ2v) is 6.21. The van der Waals surface area contributed by atoms with Crippen molar-refractivity contribution in [1.29, 1.82) is 0 Å². The summed E-state index contributed by atoms with van der Waals surface area (Å²) in [5.41, 5.74) is 9.07. The third-order valence-electron chi connectivity index (χ3n) is 2.68. The van der Waals surface area contributed by atoms with Crippen LogP contribution < -0.4 is 10.6 Å². The maximum Gasteiger partial charge on any atom is 0.0898 e. The van der Waals surface area contributed by atoms with Crippen LogP contribution in [0.5, 0.6) is 0 Å². The zero-order valence-corrected chi connectivity index (χ0v) is 12.9. The van der Waals surface area contributed by atoms with Gasteiger partial charge in [0.1, 0.15) is 0 Å². The summed E-state index contributed by atoms with van der Waals surface area (Å²) in [4.78, 5) is 6.66. The van der Waals surface area contributed by atoms with Gasteiger partial charge in [0.25, 0.3) is 0 Å². The Morgan fingerprint density at radius 3 is 2.78 bits per heavy atom. The van der Waals surface area contributed by atoms with Gasteiger partial charge in [0.15, 0.2) is 0 Å². The number of hydrogen-bond acceptors (Lipinski definition) is 4. The lowest BCUT2D eigenvalue weighted by Gasteiger charge is -2.19. The molecule has 0 saturated heterocycles. The molecule has 0 spiro atoms. The first-order valence-corrected chi connectivity index (χ1v) is 7.37. The first-order chi connectivity index (χ1) is 8.58. The molecule has 2 aromatic rings. The molecule has 0 aliphatic carbocycles. The van der Waals surface area contributed by atoms with Gasteiger partial charge in [0.05, 0.1) is 17.2 Å². The van der Waals surface area contributed by atoms with Crippen molar-refractivity contribution in [3.05, 3.63) is 44.3 Å². The molecular weight excluding hydrogens is 310 g/mol. The average Bonchev–Trinajstić information content (AvgIpc) is 2.73. The van der Waals surface area contributed by atoms with Crippen LogP contribution in [-0.4, -0.2) is 12.0 Å². The van der Waals surface area contributed by atoms with Crippen LogP contribution in [0.3, 0.4) is 0 Å². The highest BCUT2D eigenvalue weighted by molar-refractivity contribution is 9.10. The normalized spacial score (nSPS) is 10.7. The van der Waals surface area contributed by atoms with Crippen LogP contribution in [0.1, 0.15) is 16.3 Å². The van der Waals surface area contributed by atoms with Gasteiger partial charge in [-0.25, -0.2) is 4.98 Å². The van der Waals surface area contributed by atoms with E-state index >= 15 is 0 Å². The largest absolute Gasteiger partial charge is 0.369 e. The third-order valence-corrected chi connectivity index (χ3v) is 3.96. The number of halogens is 1. The van der Waals surface area contributed by atoms with Crippen molar-refractivity contribution in [3.63, 3.8) is 0 Å². The molecule has 0 bridgehead atoms. The van der Waals surface area contributed by atoms with Crippen molar-refractivity contribution in [2.45, 2.75) is 20.0 Å². The molecule has 1 aromatic heterocycles. The summed E-state index contributed by atoms with van der Waals surface area (Å²) in [5.74, 6) is 0. The van der Waals surface area contributed by atoms with E-state index in [1.54, 1.807) is 11.3 Å². The predicted octanol–water partition coefficient (Wildman–Crippen LogP) is 3.31. The van der Waals surface area contributed by atoms with Crippen molar-refractivity contribution in [3.8, 4) is 0 Å². The van der Waals surface area contributed by atoms with Crippen LogP contribution in [0.4, 0.5) is 5.69 Å². The summed E-state index contributed by atoms with van der Waals surface area (Å²) < 4.78 is 1.06. The third kappa shape index (κ3) is 3.31. The molecule has 5 heteroatoms. The van der Waals surface area contributed by atoms with E-state index in [0.717, 1.165) is 33.0 Å². The fourth-order valence-electron chi connectivity index (χ4n) is 1.79. The van der Waals surface area contributed by atoms with Gasteiger partial charge in [0, 0.05) is 29.1 Å². The van der Waals surface area contributed by atoms with E-state index in [1.807, 2.05) is 13.0 Å². The Balaban J connectivity index is 2.17. The van der Waals surface area contributed by atoms with Gasteiger partial charge < -0.3 is 10.6 Å². The Kier molecular flexibility index (Phi) is 4.37. The fourth-order valence-corrected chi connectivity index (χ4v) is 2.92. The summed E-state index contributed by atoms with van der Waals surface area (Å²) in [6, 6.07) is 6.26. The Hall–Kier alpha value is -0.910. The topological polar surface area (TPSA) is 42.2 Å². The minimum Gasteiger partial charge on any atom is -0.369 e. The number of thiazole rings is 1. The summed E-state index contributed by atoms with van der Waals surface area (Å²) in [7, 11) is 2.07. The highest BCUT2D eigenvalue weighted by Gasteiger charge is 2.06. The average molecular weight is 326 g/mol. The SMILES string of the molecule is Cc1nc(CN(C)c2cc(Br)cc(CN)c2)cs1. The molecular formula is C13H16BrN3S. The van der Waals surface area contributed by atoms with E-state index in [0.29, 0.717) is 6.54 Å². The molecule has 0 atom stereocenters. The van der Waals surface area contributed by atoms with Crippen molar-refractivity contribution in [2.24, 2.45) is 5.73 Å². The standard InChI is InChI=1S/C13H16BrN3S/c1-9-16-12(8-18-9)7-17(2)13-4-10(6-15)3-11(14)5-13/h3-5,8H,6-7,15H2,1-2H3. The number of nitrogens with zero attached hydrogens (tertiary/aromatic N) is 2. The van der Waals surface area contributed by atoms with Gasteiger partial charge in [-0.3, -0.25) is 0 Å². The van der Waals surface area contributed by atoms with Crippen LogP contribution in [-0.2, 0) is 13.1 Å². The van der Waals surface area contributed by atoms with E-state index in [1.165, 1.54) is 0 Å². The van der Waals surface area contributed by atoms with E-state index in [9.17, 15) is 0 Å². The van der Waals surface area contributed by atoms with Crippen LogP contribution >= 0.6 is 27.3 Å². The lowest BCUT2D eigenvalue weighted by atomic mass is 10.2. The van der Waals surface area contributed by atoms with Crippen molar-refractivity contribution in [2.75, 3.05) is 11.9 Å². The predicted molar refractivity (Wildman–Crippen MR) is 81.0 cm³/mol. The lowest BCUT2D eigenvalue weighted by molar-refractivity contribution is 0.887. The second-order valence-electron chi connectivity index (χ2n) is 4.24. The summed E-state index contributed by atoms with van der Waals surface area (Å²) >= 11 is 5.20. The summed E-state index contributed by atoms with van der Waals surface area (Å²) in [5, 5.41) is 3.21. The monoisotopic (exact) mass is 325 g/mol. The van der Waals surface area contributed by atoms with Crippen molar-refractivity contribution in [1.82, 2.24) is 4.98 Å². The van der Waals surface area contributed by atoms with Crippen molar-refractivity contribution < 1.29 is 0 Å². The summed E-state index contributed by atoms with van der Waals surface area (Å²) in [6.07, 6.45) is 0. The molecule has 3 nitrogen and oxygen atoms in total. The molecule has 0 unspecified atom stereocenters. The Bertz CT molecular complexity index is 539. The Morgan fingerprint density at radius 2 is 2.17 bits per heavy atom. The number of aromatic nitrogens is 1. The van der Waals surface area contributed by atoms with E-state index in [-0.39, 0.29) is 0 Å². The van der Waals surface area contributed by atoms with Crippen molar-refractivity contribution >= 4 is 33.0 Å². The maximum absolute atomic E-state index is 5.69. The van der Waals surface area contributed by atoms with E-state index in [4.69, 9.17) is 5.73 Å².